The first kappa shape index (κ1) is 22.2. The van der Waals surface area contributed by atoms with Crippen LogP contribution in [0, 0.1) is 0 Å². The molecule has 2 aliphatic heterocycles. The van der Waals surface area contributed by atoms with Crippen molar-refractivity contribution in [3.63, 3.8) is 0 Å². The molecule has 2 aromatic carbocycles. The smallest absolute Gasteiger partial charge is 0.291 e. The third kappa shape index (κ3) is 4.20. The first-order valence-electron chi connectivity index (χ1n) is 11.5. The Morgan fingerprint density at radius 1 is 1.15 bits per heavy atom. The van der Waals surface area contributed by atoms with Gasteiger partial charge in [-0.05, 0) is 55.2 Å². The Morgan fingerprint density at radius 2 is 1.97 bits per heavy atom. The van der Waals surface area contributed by atoms with E-state index in [4.69, 9.17) is 13.9 Å². The molecule has 2 atom stereocenters. The van der Waals surface area contributed by atoms with Gasteiger partial charge in [0.15, 0.2) is 5.43 Å². The maximum absolute atomic E-state index is 13.6. The van der Waals surface area contributed by atoms with Gasteiger partial charge in [-0.1, -0.05) is 41.4 Å². The van der Waals surface area contributed by atoms with Gasteiger partial charge < -0.3 is 18.8 Å². The highest BCUT2D eigenvalue weighted by Crippen LogP contribution is 2.39. The molecule has 1 amide bonds. The summed E-state index contributed by atoms with van der Waals surface area (Å²) in [4.78, 5) is 28.8. The van der Waals surface area contributed by atoms with Crippen LogP contribution in [0.3, 0.4) is 0 Å². The Bertz CT molecular complexity index is 1230. The predicted molar refractivity (Wildman–Crippen MR) is 129 cm³/mol. The van der Waals surface area contributed by atoms with Gasteiger partial charge >= 0.3 is 0 Å². The predicted octanol–water partition coefficient (Wildman–Crippen LogP) is 5.46. The molecule has 0 N–H and O–H groups in total. The second kappa shape index (κ2) is 9.31. The van der Waals surface area contributed by atoms with Crippen LogP contribution in [0.4, 0.5) is 0 Å². The van der Waals surface area contributed by atoms with Gasteiger partial charge in [0.25, 0.3) is 5.91 Å². The Balaban J connectivity index is 1.58. The molecular weight excluding hydrogens is 486 g/mol. The number of benzene rings is 2. The Hall–Kier alpha value is -2.64. The van der Waals surface area contributed by atoms with Gasteiger partial charge in [0.2, 0.25) is 5.76 Å². The van der Waals surface area contributed by atoms with E-state index in [0.29, 0.717) is 36.3 Å². The molecule has 0 saturated carbocycles. The minimum atomic E-state index is -0.527. The number of amides is 1. The van der Waals surface area contributed by atoms with Crippen LogP contribution in [0.25, 0.3) is 11.0 Å². The molecule has 1 saturated heterocycles. The van der Waals surface area contributed by atoms with Crippen LogP contribution in [0.15, 0.2) is 56.1 Å². The quantitative estimate of drug-likeness (QED) is 0.394. The Labute approximate surface area is 200 Å². The molecule has 1 aromatic heterocycles. The van der Waals surface area contributed by atoms with Crippen molar-refractivity contribution in [2.45, 2.75) is 44.8 Å². The third-order valence-electron chi connectivity index (χ3n) is 6.31. The summed E-state index contributed by atoms with van der Waals surface area (Å²) in [7, 11) is 0. The van der Waals surface area contributed by atoms with Crippen LogP contribution >= 0.6 is 15.9 Å². The first-order valence-corrected chi connectivity index (χ1v) is 12.3. The molecule has 2 unspecified atom stereocenters. The monoisotopic (exact) mass is 511 g/mol. The fraction of sp³-hybridized carbons (Fsp3) is 0.385. The molecule has 0 aliphatic carbocycles. The van der Waals surface area contributed by atoms with E-state index in [1.54, 1.807) is 23.1 Å². The van der Waals surface area contributed by atoms with Gasteiger partial charge in [0.1, 0.15) is 11.3 Å². The molecule has 172 valence electrons. The molecule has 3 aromatic rings. The number of carbonyl (C=O) groups is 1. The average Bonchev–Trinajstić information content (AvgIpc) is 3.43. The second-order valence-corrected chi connectivity index (χ2v) is 9.50. The zero-order chi connectivity index (χ0) is 22.9. The number of carbonyl (C=O) groups excluding carboxylic acids is 1. The van der Waals surface area contributed by atoms with E-state index in [9.17, 15) is 9.59 Å². The maximum atomic E-state index is 13.6. The van der Waals surface area contributed by atoms with Crippen LogP contribution in [-0.4, -0.2) is 36.7 Å². The van der Waals surface area contributed by atoms with E-state index in [-0.39, 0.29) is 23.2 Å². The summed E-state index contributed by atoms with van der Waals surface area (Å²) in [6, 6.07) is 12.4. The van der Waals surface area contributed by atoms with Gasteiger partial charge in [-0.2, -0.15) is 0 Å². The largest absolute Gasteiger partial charge is 0.494 e. The number of fused-ring (bicyclic) bond motifs is 2. The maximum Gasteiger partial charge on any atom is 0.291 e. The highest BCUT2D eigenvalue weighted by molar-refractivity contribution is 9.10. The molecule has 0 radical (unpaired) electrons. The zero-order valence-electron chi connectivity index (χ0n) is 18.5. The summed E-state index contributed by atoms with van der Waals surface area (Å²) < 4.78 is 18.4. The number of hydrogen-bond acceptors (Lipinski definition) is 5. The lowest BCUT2D eigenvalue weighted by Gasteiger charge is -2.27. The van der Waals surface area contributed by atoms with Gasteiger partial charge in [-0.25, -0.2) is 0 Å². The molecule has 2 aliphatic rings. The molecule has 3 heterocycles. The fourth-order valence-corrected chi connectivity index (χ4v) is 4.98. The SMILES string of the molecule is CCCCOc1ccc(C2c3c(oc4ccc(Br)cc4c3=O)C(=O)N2CC2CCCO2)cc1. The van der Waals surface area contributed by atoms with Crippen LogP contribution < -0.4 is 10.2 Å². The molecule has 0 bridgehead atoms. The van der Waals surface area contributed by atoms with Crippen LogP contribution in [0.2, 0.25) is 0 Å². The molecule has 5 rings (SSSR count). The van der Waals surface area contributed by atoms with E-state index in [2.05, 4.69) is 22.9 Å². The van der Waals surface area contributed by atoms with Crippen molar-refractivity contribution < 1.29 is 18.7 Å². The second-order valence-electron chi connectivity index (χ2n) is 8.58. The van der Waals surface area contributed by atoms with Crippen molar-refractivity contribution in [3.8, 4) is 5.75 Å². The van der Waals surface area contributed by atoms with Crippen molar-refractivity contribution in [3.05, 3.63) is 74.0 Å². The normalized spacial score (nSPS) is 19.9. The fourth-order valence-electron chi connectivity index (χ4n) is 4.62. The summed E-state index contributed by atoms with van der Waals surface area (Å²) in [6.07, 6.45) is 3.89. The van der Waals surface area contributed by atoms with Gasteiger partial charge in [0.05, 0.1) is 29.7 Å². The number of rotatable bonds is 7. The summed E-state index contributed by atoms with van der Waals surface area (Å²) in [6.45, 7) is 3.90. The van der Waals surface area contributed by atoms with E-state index >= 15 is 0 Å². The minimum Gasteiger partial charge on any atom is -0.494 e. The van der Waals surface area contributed by atoms with E-state index < -0.39 is 6.04 Å². The Kier molecular flexibility index (Phi) is 6.25. The molecule has 7 heteroatoms. The minimum absolute atomic E-state index is 0.0407. The van der Waals surface area contributed by atoms with Gasteiger partial charge in [0, 0.05) is 17.6 Å². The number of halogens is 1. The van der Waals surface area contributed by atoms with E-state index in [0.717, 1.165) is 41.5 Å². The summed E-state index contributed by atoms with van der Waals surface area (Å²) >= 11 is 3.43. The molecule has 6 nitrogen and oxygen atoms in total. The third-order valence-corrected chi connectivity index (χ3v) is 6.81. The van der Waals surface area contributed by atoms with Crippen molar-refractivity contribution in [1.29, 1.82) is 0 Å². The first-order chi connectivity index (χ1) is 16.1. The van der Waals surface area contributed by atoms with Crippen molar-refractivity contribution in [2.24, 2.45) is 0 Å². The van der Waals surface area contributed by atoms with Crippen molar-refractivity contribution >= 4 is 32.8 Å². The number of ether oxygens (including phenoxy) is 2. The number of unbranched alkanes of at least 4 members (excludes halogenated alkanes) is 1. The Morgan fingerprint density at radius 3 is 2.70 bits per heavy atom. The molecule has 0 spiro atoms. The van der Waals surface area contributed by atoms with Crippen LogP contribution in [0.5, 0.6) is 5.75 Å². The van der Waals surface area contributed by atoms with Crippen molar-refractivity contribution in [2.75, 3.05) is 19.8 Å². The average molecular weight is 512 g/mol. The molecule has 33 heavy (non-hydrogen) atoms. The van der Waals surface area contributed by atoms with Gasteiger partial charge in [-0.15, -0.1) is 0 Å². The van der Waals surface area contributed by atoms with Crippen LogP contribution in [0.1, 0.15) is 60.3 Å². The van der Waals surface area contributed by atoms with Crippen LogP contribution in [-0.2, 0) is 4.74 Å². The topological polar surface area (TPSA) is 69.0 Å². The zero-order valence-corrected chi connectivity index (χ0v) is 20.1. The lowest BCUT2D eigenvalue weighted by atomic mass is 9.98. The summed E-state index contributed by atoms with van der Waals surface area (Å²) in [5, 5.41) is 0.458. The van der Waals surface area contributed by atoms with Crippen molar-refractivity contribution in [1.82, 2.24) is 4.90 Å². The van der Waals surface area contributed by atoms with E-state index in [1.165, 1.54) is 0 Å². The van der Waals surface area contributed by atoms with Gasteiger partial charge in [-0.3, -0.25) is 9.59 Å². The lowest BCUT2D eigenvalue weighted by molar-refractivity contribution is 0.0486. The molecular formula is C26H26BrNO5. The highest BCUT2D eigenvalue weighted by atomic mass is 79.9. The lowest BCUT2D eigenvalue weighted by Crippen LogP contribution is -2.36. The molecule has 1 fully saturated rings. The highest BCUT2D eigenvalue weighted by Gasteiger charge is 2.43. The number of hydrogen-bond donors (Lipinski definition) is 0. The number of nitrogens with zero attached hydrogens (tertiary/aromatic N) is 1. The summed E-state index contributed by atoms with van der Waals surface area (Å²) in [5.74, 6) is 0.633. The van der Waals surface area contributed by atoms with E-state index in [1.807, 2.05) is 24.3 Å². The standard InChI is InChI=1S/C26H26BrNO5/c1-2-3-12-31-18-9-6-16(7-10-18)23-22-24(29)20-14-17(27)8-11-21(20)33-25(22)26(30)28(23)15-19-5-4-13-32-19/h6-11,14,19,23H,2-5,12-13,15H2,1H3. The summed E-state index contributed by atoms with van der Waals surface area (Å²) in [5.41, 5.74) is 1.48.